The van der Waals surface area contributed by atoms with E-state index in [9.17, 15) is 4.79 Å². The molecule has 1 aromatic heterocycles. The van der Waals surface area contributed by atoms with E-state index in [0.717, 1.165) is 0 Å². The fourth-order valence-electron chi connectivity index (χ4n) is 1.63. The number of hydrogen-bond donors (Lipinski definition) is 1. The summed E-state index contributed by atoms with van der Waals surface area (Å²) in [5.41, 5.74) is 5.19. The Balaban J connectivity index is 2.03. The predicted octanol–water partition coefficient (Wildman–Crippen LogP) is 3.39. The van der Waals surface area contributed by atoms with Crippen LogP contribution in [0.15, 0.2) is 24.5 Å². The molecule has 0 saturated heterocycles. The third-order valence-corrected chi connectivity index (χ3v) is 3.27. The fourth-order valence-corrected chi connectivity index (χ4v) is 2.56. The van der Waals surface area contributed by atoms with Gasteiger partial charge in [0, 0.05) is 23.8 Å². The van der Waals surface area contributed by atoms with Gasteiger partial charge in [-0.1, -0.05) is 34.8 Å². The number of carbonyl (C=O) groups excluding carboxylic acids is 1. The van der Waals surface area contributed by atoms with E-state index in [4.69, 9.17) is 45.3 Å². The standard InChI is InChI=1S/C12H10Cl3N3O2/c13-7-5-8(14)11(9(15)6-7)20-4-1-10-17-2-3-18(10)12(16)19/h2-3,5-6H,1,4H2,(H2,16,19). The minimum absolute atomic E-state index is 0.241. The molecule has 1 aromatic carbocycles. The Morgan fingerprint density at radius 2 is 1.95 bits per heavy atom. The topological polar surface area (TPSA) is 70.1 Å². The van der Waals surface area contributed by atoms with Crippen molar-refractivity contribution in [2.75, 3.05) is 6.61 Å². The van der Waals surface area contributed by atoms with Gasteiger partial charge in [0.2, 0.25) is 0 Å². The van der Waals surface area contributed by atoms with E-state index in [-0.39, 0.29) is 6.61 Å². The van der Waals surface area contributed by atoms with Crippen LogP contribution < -0.4 is 10.5 Å². The van der Waals surface area contributed by atoms with Gasteiger partial charge in [-0.05, 0) is 12.1 Å². The van der Waals surface area contributed by atoms with Gasteiger partial charge in [0.05, 0.1) is 16.7 Å². The lowest BCUT2D eigenvalue weighted by Gasteiger charge is -2.10. The van der Waals surface area contributed by atoms with Crippen LogP contribution in [0.25, 0.3) is 0 Å². The van der Waals surface area contributed by atoms with E-state index >= 15 is 0 Å². The van der Waals surface area contributed by atoms with Crippen molar-refractivity contribution >= 4 is 40.8 Å². The van der Waals surface area contributed by atoms with Crippen LogP contribution in [0.4, 0.5) is 4.79 Å². The Labute approximate surface area is 130 Å². The average Bonchev–Trinajstić information content (AvgIpc) is 2.80. The maximum absolute atomic E-state index is 11.1. The molecule has 0 aliphatic carbocycles. The van der Waals surface area contributed by atoms with E-state index < -0.39 is 6.03 Å². The molecule has 2 aromatic rings. The Bertz CT molecular complexity index is 620. The molecule has 0 radical (unpaired) electrons. The van der Waals surface area contributed by atoms with Gasteiger partial charge in [0.1, 0.15) is 5.82 Å². The molecule has 0 atom stereocenters. The normalized spacial score (nSPS) is 10.6. The van der Waals surface area contributed by atoms with E-state index in [1.165, 1.54) is 29.1 Å². The van der Waals surface area contributed by atoms with E-state index in [0.29, 0.717) is 33.1 Å². The fraction of sp³-hybridized carbons (Fsp3) is 0.167. The van der Waals surface area contributed by atoms with Crippen LogP contribution in [0.2, 0.25) is 15.1 Å². The number of nitrogens with zero attached hydrogens (tertiary/aromatic N) is 2. The number of nitrogens with two attached hydrogens (primary N) is 1. The monoisotopic (exact) mass is 333 g/mol. The van der Waals surface area contributed by atoms with Crippen LogP contribution in [0.1, 0.15) is 5.82 Å². The number of halogens is 3. The van der Waals surface area contributed by atoms with Gasteiger partial charge in [-0.25, -0.2) is 9.78 Å². The first-order valence-electron chi connectivity index (χ1n) is 5.58. The molecule has 0 aliphatic rings. The SMILES string of the molecule is NC(=O)n1ccnc1CCOc1c(Cl)cc(Cl)cc1Cl. The highest BCUT2D eigenvalue weighted by atomic mass is 35.5. The average molecular weight is 335 g/mol. The molecule has 0 saturated carbocycles. The maximum atomic E-state index is 11.1. The molecule has 2 rings (SSSR count). The van der Waals surface area contributed by atoms with Gasteiger partial charge >= 0.3 is 6.03 Å². The summed E-state index contributed by atoms with van der Waals surface area (Å²) in [5.74, 6) is 0.841. The van der Waals surface area contributed by atoms with Crippen LogP contribution in [0.3, 0.4) is 0 Å². The minimum Gasteiger partial charge on any atom is -0.490 e. The van der Waals surface area contributed by atoms with E-state index in [1.807, 2.05) is 0 Å². The third kappa shape index (κ3) is 3.36. The van der Waals surface area contributed by atoms with Gasteiger partial charge in [0.25, 0.3) is 0 Å². The molecule has 2 N–H and O–H groups in total. The summed E-state index contributed by atoms with van der Waals surface area (Å²) in [5, 5.41) is 1.07. The molecule has 1 amide bonds. The number of ether oxygens (including phenoxy) is 1. The highest BCUT2D eigenvalue weighted by molar-refractivity contribution is 6.40. The predicted molar refractivity (Wildman–Crippen MR) is 77.9 cm³/mol. The summed E-state index contributed by atoms with van der Waals surface area (Å²) in [4.78, 5) is 15.1. The zero-order valence-corrected chi connectivity index (χ0v) is 12.4. The Morgan fingerprint density at radius 3 is 2.55 bits per heavy atom. The van der Waals surface area contributed by atoms with Gasteiger partial charge in [0.15, 0.2) is 5.75 Å². The number of rotatable bonds is 4. The first kappa shape index (κ1) is 15.0. The van der Waals surface area contributed by atoms with Gasteiger partial charge < -0.3 is 10.5 Å². The lowest BCUT2D eigenvalue weighted by Crippen LogP contribution is -2.22. The van der Waals surface area contributed by atoms with Crippen LogP contribution in [0, 0.1) is 0 Å². The van der Waals surface area contributed by atoms with Crippen LogP contribution in [0.5, 0.6) is 5.75 Å². The quantitative estimate of drug-likeness (QED) is 0.931. The van der Waals surface area contributed by atoms with Crippen molar-refractivity contribution in [1.82, 2.24) is 9.55 Å². The van der Waals surface area contributed by atoms with Gasteiger partial charge in [-0.2, -0.15) is 0 Å². The molecule has 0 spiro atoms. The number of benzene rings is 1. The number of imidazole rings is 1. The van der Waals surface area contributed by atoms with Crippen LogP contribution >= 0.6 is 34.8 Å². The molecule has 0 fully saturated rings. The highest BCUT2D eigenvalue weighted by Crippen LogP contribution is 2.35. The summed E-state index contributed by atoms with van der Waals surface area (Å²) >= 11 is 17.8. The summed E-state index contributed by atoms with van der Waals surface area (Å²) in [6.07, 6.45) is 3.35. The number of aromatic nitrogens is 2. The number of hydrogen-bond acceptors (Lipinski definition) is 3. The second kappa shape index (κ2) is 6.35. The van der Waals surface area contributed by atoms with Crippen molar-refractivity contribution in [3.8, 4) is 5.75 Å². The van der Waals surface area contributed by atoms with Crippen LogP contribution in [-0.4, -0.2) is 22.2 Å². The molecule has 20 heavy (non-hydrogen) atoms. The third-order valence-electron chi connectivity index (χ3n) is 2.49. The molecule has 5 nitrogen and oxygen atoms in total. The number of amides is 1. The summed E-state index contributed by atoms with van der Waals surface area (Å²) in [7, 11) is 0. The minimum atomic E-state index is -0.597. The van der Waals surface area contributed by atoms with E-state index in [1.54, 1.807) is 0 Å². The van der Waals surface area contributed by atoms with Gasteiger partial charge in [-0.3, -0.25) is 4.57 Å². The van der Waals surface area contributed by atoms with Crippen molar-refractivity contribution < 1.29 is 9.53 Å². The summed E-state index contributed by atoms with van der Waals surface area (Å²) in [6.45, 7) is 0.241. The molecule has 0 aliphatic heterocycles. The molecular formula is C12H10Cl3N3O2. The van der Waals surface area contributed by atoms with Crippen molar-refractivity contribution in [1.29, 1.82) is 0 Å². The Hall–Kier alpha value is -1.43. The van der Waals surface area contributed by atoms with Crippen molar-refractivity contribution in [2.24, 2.45) is 5.73 Å². The lowest BCUT2D eigenvalue weighted by molar-refractivity contribution is 0.249. The van der Waals surface area contributed by atoms with E-state index in [2.05, 4.69) is 4.98 Å². The van der Waals surface area contributed by atoms with Gasteiger partial charge in [-0.15, -0.1) is 0 Å². The molecule has 8 heteroatoms. The highest BCUT2D eigenvalue weighted by Gasteiger charge is 2.11. The second-order valence-electron chi connectivity index (χ2n) is 3.85. The lowest BCUT2D eigenvalue weighted by atomic mass is 10.3. The van der Waals surface area contributed by atoms with Crippen molar-refractivity contribution in [3.05, 3.63) is 45.4 Å². The summed E-state index contributed by atoms with van der Waals surface area (Å²) < 4.78 is 6.75. The molecule has 1 heterocycles. The first-order chi connectivity index (χ1) is 9.49. The second-order valence-corrected chi connectivity index (χ2v) is 5.10. The summed E-state index contributed by atoms with van der Waals surface area (Å²) in [6, 6.07) is 2.48. The number of primary amides is 1. The Morgan fingerprint density at radius 1 is 1.30 bits per heavy atom. The van der Waals surface area contributed by atoms with Crippen molar-refractivity contribution in [3.63, 3.8) is 0 Å². The molecule has 0 bridgehead atoms. The maximum Gasteiger partial charge on any atom is 0.324 e. The zero-order chi connectivity index (χ0) is 14.7. The molecule has 0 unspecified atom stereocenters. The van der Waals surface area contributed by atoms with Crippen LogP contribution in [-0.2, 0) is 6.42 Å². The number of carbonyl (C=O) groups is 1. The first-order valence-corrected chi connectivity index (χ1v) is 6.72. The molecule has 106 valence electrons. The zero-order valence-electron chi connectivity index (χ0n) is 10.1. The Kier molecular flexibility index (Phi) is 4.75. The largest absolute Gasteiger partial charge is 0.490 e. The molecular weight excluding hydrogens is 325 g/mol. The van der Waals surface area contributed by atoms with Crippen molar-refractivity contribution in [2.45, 2.75) is 6.42 Å². The smallest absolute Gasteiger partial charge is 0.324 e.